The van der Waals surface area contributed by atoms with E-state index in [-0.39, 0.29) is 11.7 Å². The van der Waals surface area contributed by atoms with E-state index in [0.29, 0.717) is 18.3 Å². The Morgan fingerprint density at radius 3 is 2.85 bits per heavy atom. The van der Waals surface area contributed by atoms with Crippen LogP contribution < -0.4 is 5.56 Å². The third-order valence-electron chi connectivity index (χ3n) is 5.03. The molecule has 0 saturated carbocycles. The second-order valence-electron chi connectivity index (χ2n) is 6.96. The maximum absolute atomic E-state index is 13.5. The Balaban J connectivity index is 1.87. The minimum atomic E-state index is -0.0337. The molecule has 26 heavy (non-hydrogen) atoms. The van der Waals surface area contributed by atoms with E-state index < -0.39 is 0 Å². The van der Waals surface area contributed by atoms with E-state index in [1.54, 1.807) is 22.2 Å². The predicted octanol–water partition coefficient (Wildman–Crippen LogP) is 3.19. The summed E-state index contributed by atoms with van der Waals surface area (Å²) in [5.74, 6) is 0.946. The number of fused-ring (bicyclic) bond motifs is 5. The van der Waals surface area contributed by atoms with E-state index in [1.807, 2.05) is 34.7 Å². The van der Waals surface area contributed by atoms with Crippen LogP contribution in [0.5, 0.6) is 0 Å². The smallest absolute Gasteiger partial charge is 0.268 e. The summed E-state index contributed by atoms with van der Waals surface area (Å²) in [6, 6.07) is 9.61. The highest BCUT2D eigenvalue weighted by Gasteiger charge is 2.29. The summed E-state index contributed by atoms with van der Waals surface area (Å²) in [4.78, 5) is 15.5. The van der Waals surface area contributed by atoms with Gasteiger partial charge < -0.3 is 4.74 Å². The number of benzene rings is 1. The number of hydrogen-bond acceptors (Lipinski definition) is 5. The lowest BCUT2D eigenvalue weighted by atomic mass is 9.96. The van der Waals surface area contributed by atoms with E-state index in [4.69, 9.17) is 4.74 Å². The van der Waals surface area contributed by atoms with Gasteiger partial charge in [0.1, 0.15) is 11.2 Å². The standard InChI is InChI=1S/C19H18N4O2S/c1-11(2)14-8-13-15(9-25-14)26-18-16(13)17(24)23(12-6-4-3-5-7-12)19-21-20-10-22(18)19/h3-7,10-11,14H,8-9H2,1-2H3/t14-/m0/s1. The Hall–Kier alpha value is -2.51. The first kappa shape index (κ1) is 15.7. The highest BCUT2D eigenvalue weighted by atomic mass is 32.1. The molecule has 0 bridgehead atoms. The van der Waals surface area contributed by atoms with Crippen LogP contribution in [0, 0.1) is 5.92 Å². The van der Waals surface area contributed by atoms with Crippen molar-refractivity contribution in [3.8, 4) is 5.69 Å². The molecule has 1 aromatic carbocycles. The molecule has 132 valence electrons. The van der Waals surface area contributed by atoms with Crippen LogP contribution in [-0.2, 0) is 17.8 Å². The largest absolute Gasteiger partial charge is 0.372 e. The average Bonchev–Trinajstić information content (AvgIpc) is 3.26. The Kier molecular flexibility index (Phi) is 3.48. The van der Waals surface area contributed by atoms with Gasteiger partial charge in [-0.15, -0.1) is 21.5 Å². The fraction of sp³-hybridized carbons (Fsp3) is 0.316. The highest BCUT2D eigenvalue weighted by Crippen LogP contribution is 2.36. The minimum absolute atomic E-state index is 0.0337. The van der Waals surface area contributed by atoms with Crippen LogP contribution in [0.3, 0.4) is 0 Å². The van der Waals surface area contributed by atoms with Gasteiger partial charge in [0.05, 0.1) is 23.8 Å². The summed E-state index contributed by atoms with van der Waals surface area (Å²) in [6.07, 6.45) is 2.59. The van der Waals surface area contributed by atoms with Crippen molar-refractivity contribution in [2.24, 2.45) is 5.92 Å². The molecule has 0 amide bonds. The van der Waals surface area contributed by atoms with Gasteiger partial charge in [-0.2, -0.15) is 0 Å². The highest BCUT2D eigenvalue weighted by molar-refractivity contribution is 7.18. The maximum Gasteiger partial charge on any atom is 0.268 e. The molecule has 0 N–H and O–H groups in total. The van der Waals surface area contributed by atoms with Crippen molar-refractivity contribution in [3.63, 3.8) is 0 Å². The lowest BCUT2D eigenvalue weighted by Crippen LogP contribution is -2.28. The maximum atomic E-state index is 13.5. The van der Waals surface area contributed by atoms with Crippen LogP contribution in [0.15, 0.2) is 41.5 Å². The first-order valence-corrected chi connectivity index (χ1v) is 9.53. The predicted molar refractivity (Wildman–Crippen MR) is 101 cm³/mol. The molecular formula is C19H18N4O2S. The molecule has 6 nitrogen and oxygen atoms in total. The van der Waals surface area contributed by atoms with Crippen molar-refractivity contribution < 1.29 is 4.74 Å². The van der Waals surface area contributed by atoms with Gasteiger partial charge in [0.25, 0.3) is 5.56 Å². The van der Waals surface area contributed by atoms with Crippen LogP contribution in [-0.4, -0.2) is 25.3 Å². The molecule has 1 aliphatic rings. The van der Waals surface area contributed by atoms with E-state index in [0.717, 1.165) is 32.8 Å². The quantitative estimate of drug-likeness (QED) is 0.547. The average molecular weight is 366 g/mol. The number of ether oxygens (including phenoxy) is 1. The second kappa shape index (κ2) is 5.75. The second-order valence-corrected chi connectivity index (χ2v) is 8.04. The Morgan fingerprint density at radius 1 is 1.27 bits per heavy atom. The molecule has 3 aromatic heterocycles. The number of para-hydroxylation sites is 1. The van der Waals surface area contributed by atoms with Gasteiger partial charge in [0, 0.05) is 11.3 Å². The molecule has 0 fully saturated rings. The molecular weight excluding hydrogens is 348 g/mol. The van der Waals surface area contributed by atoms with E-state index in [2.05, 4.69) is 24.0 Å². The van der Waals surface area contributed by atoms with E-state index >= 15 is 0 Å². The Bertz CT molecular complexity index is 1170. The molecule has 4 aromatic rings. The summed E-state index contributed by atoms with van der Waals surface area (Å²) in [5, 5.41) is 9.04. The van der Waals surface area contributed by atoms with Crippen LogP contribution in [0.1, 0.15) is 24.3 Å². The van der Waals surface area contributed by atoms with Gasteiger partial charge in [0.15, 0.2) is 0 Å². The molecule has 0 radical (unpaired) electrons. The molecule has 5 rings (SSSR count). The Labute approximate surface area is 153 Å². The number of thiophene rings is 1. The number of aromatic nitrogens is 4. The third-order valence-corrected chi connectivity index (χ3v) is 6.23. The van der Waals surface area contributed by atoms with Gasteiger partial charge in [0.2, 0.25) is 5.78 Å². The lowest BCUT2D eigenvalue weighted by Gasteiger charge is -2.26. The van der Waals surface area contributed by atoms with Gasteiger partial charge in [-0.05, 0) is 23.6 Å². The zero-order chi connectivity index (χ0) is 17.8. The first-order chi connectivity index (χ1) is 12.6. The first-order valence-electron chi connectivity index (χ1n) is 8.71. The summed E-state index contributed by atoms with van der Waals surface area (Å²) in [7, 11) is 0. The fourth-order valence-electron chi connectivity index (χ4n) is 3.63. The van der Waals surface area contributed by atoms with E-state index in [9.17, 15) is 4.79 Å². The van der Waals surface area contributed by atoms with Crippen molar-refractivity contribution in [2.75, 3.05) is 0 Å². The SMILES string of the molecule is CC(C)[C@@H]1Cc2c(sc3c2c(=O)n(-c2ccccc2)c2nncn32)CO1. The lowest BCUT2D eigenvalue weighted by molar-refractivity contribution is 0.00200. The summed E-state index contributed by atoms with van der Waals surface area (Å²) >= 11 is 1.61. The zero-order valence-electron chi connectivity index (χ0n) is 14.5. The fourth-order valence-corrected chi connectivity index (χ4v) is 4.84. The van der Waals surface area contributed by atoms with Crippen molar-refractivity contribution in [1.82, 2.24) is 19.2 Å². The van der Waals surface area contributed by atoms with Gasteiger partial charge in [-0.3, -0.25) is 9.20 Å². The number of nitrogens with zero attached hydrogens (tertiary/aromatic N) is 4. The number of hydrogen-bond donors (Lipinski definition) is 0. The van der Waals surface area contributed by atoms with Crippen molar-refractivity contribution >= 4 is 27.3 Å². The van der Waals surface area contributed by atoms with Crippen LogP contribution in [0.4, 0.5) is 0 Å². The van der Waals surface area contributed by atoms with Crippen LogP contribution >= 0.6 is 11.3 Å². The Morgan fingerprint density at radius 2 is 2.08 bits per heavy atom. The molecule has 0 spiro atoms. The molecule has 0 unspecified atom stereocenters. The molecule has 4 heterocycles. The molecule has 1 aliphatic heterocycles. The van der Waals surface area contributed by atoms with Gasteiger partial charge in [-0.25, -0.2) is 4.57 Å². The summed E-state index contributed by atoms with van der Waals surface area (Å²) < 4.78 is 9.57. The summed E-state index contributed by atoms with van der Waals surface area (Å²) in [6.45, 7) is 4.88. The number of rotatable bonds is 2. The van der Waals surface area contributed by atoms with E-state index in [1.165, 1.54) is 0 Å². The topological polar surface area (TPSA) is 61.4 Å². The van der Waals surface area contributed by atoms with Crippen LogP contribution in [0.2, 0.25) is 0 Å². The minimum Gasteiger partial charge on any atom is -0.372 e. The zero-order valence-corrected chi connectivity index (χ0v) is 15.4. The molecule has 7 heteroatoms. The van der Waals surface area contributed by atoms with Crippen LogP contribution in [0.25, 0.3) is 21.7 Å². The van der Waals surface area contributed by atoms with Crippen molar-refractivity contribution in [3.05, 3.63) is 57.5 Å². The van der Waals surface area contributed by atoms with Crippen molar-refractivity contribution in [1.29, 1.82) is 0 Å². The van der Waals surface area contributed by atoms with Crippen molar-refractivity contribution in [2.45, 2.75) is 33.0 Å². The summed E-state index contributed by atoms with van der Waals surface area (Å²) in [5.41, 5.74) is 1.89. The monoisotopic (exact) mass is 366 g/mol. The molecule has 0 aliphatic carbocycles. The molecule has 1 atom stereocenters. The third kappa shape index (κ3) is 2.17. The van der Waals surface area contributed by atoms with Gasteiger partial charge >= 0.3 is 0 Å². The molecule has 0 saturated heterocycles. The van der Waals surface area contributed by atoms with Gasteiger partial charge in [-0.1, -0.05) is 32.0 Å². The normalized spacial score (nSPS) is 17.3.